The molecule has 0 radical (unpaired) electrons. The highest BCUT2D eigenvalue weighted by atomic mass is 16.5. The lowest BCUT2D eigenvalue weighted by Crippen LogP contribution is -2.23. The maximum Gasteiger partial charge on any atom is 0.167 e. The van der Waals surface area contributed by atoms with Gasteiger partial charge in [0.1, 0.15) is 6.61 Å². The van der Waals surface area contributed by atoms with Crippen LogP contribution < -0.4 is 14.8 Å². The summed E-state index contributed by atoms with van der Waals surface area (Å²) in [6.45, 7) is 2.50. The van der Waals surface area contributed by atoms with E-state index in [0.717, 1.165) is 22.4 Å². The van der Waals surface area contributed by atoms with Gasteiger partial charge in [0.05, 0.1) is 13.2 Å². The summed E-state index contributed by atoms with van der Waals surface area (Å²) in [6, 6.07) is 21.5. The average Bonchev–Trinajstić information content (AvgIpc) is 2.72. The quantitative estimate of drug-likeness (QED) is 0.657. The van der Waals surface area contributed by atoms with Gasteiger partial charge in [0.25, 0.3) is 0 Å². The maximum atomic E-state index is 12.6. The number of hydrogen-bond donors (Lipinski definition) is 1. The van der Waals surface area contributed by atoms with Crippen LogP contribution in [0.4, 0.5) is 5.69 Å². The van der Waals surface area contributed by atoms with E-state index in [1.165, 1.54) is 5.56 Å². The first-order chi connectivity index (χ1) is 13.7. The summed E-state index contributed by atoms with van der Waals surface area (Å²) in [5, 5.41) is 3.49. The molecule has 0 saturated carbocycles. The van der Waals surface area contributed by atoms with Crippen LogP contribution >= 0.6 is 0 Å². The molecule has 1 aliphatic rings. The van der Waals surface area contributed by atoms with E-state index in [-0.39, 0.29) is 11.8 Å². The fourth-order valence-corrected chi connectivity index (χ4v) is 3.65. The topological polar surface area (TPSA) is 47.6 Å². The molecule has 1 unspecified atom stereocenters. The summed E-state index contributed by atoms with van der Waals surface area (Å²) >= 11 is 0. The minimum absolute atomic E-state index is 0.131. The predicted octanol–water partition coefficient (Wildman–Crippen LogP) is 5.32. The highest BCUT2D eigenvalue weighted by molar-refractivity contribution is 6.03. The third kappa shape index (κ3) is 3.58. The van der Waals surface area contributed by atoms with Gasteiger partial charge < -0.3 is 14.8 Å². The zero-order chi connectivity index (χ0) is 19.5. The van der Waals surface area contributed by atoms with E-state index in [2.05, 4.69) is 24.4 Å². The summed E-state index contributed by atoms with van der Waals surface area (Å²) < 4.78 is 11.7. The summed E-state index contributed by atoms with van der Waals surface area (Å²) in [4.78, 5) is 12.6. The maximum absolute atomic E-state index is 12.6. The number of ketones is 1. The monoisotopic (exact) mass is 373 g/mol. The van der Waals surface area contributed by atoms with Crippen molar-refractivity contribution in [3.05, 3.63) is 89.0 Å². The van der Waals surface area contributed by atoms with Crippen LogP contribution in [0.25, 0.3) is 0 Å². The third-order valence-corrected chi connectivity index (χ3v) is 5.02. The van der Waals surface area contributed by atoms with Gasteiger partial charge in [0, 0.05) is 23.2 Å². The Balaban J connectivity index is 1.65. The molecule has 142 valence electrons. The van der Waals surface area contributed by atoms with Crippen molar-refractivity contribution in [1.82, 2.24) is 0 Å². The second-order valence-electron chi connectivity index (χ2n) is 7.03. The van der Waals surface area contributed by atoms with Crippen molar-refractivity contribution in [2.75, 3.05) is 12.4 Å². The molecule has 28 heavy (non-hydrogen) atoms. The number of para-hydroxylation sites is 2. The zero-order valence-electron chi connectivity index (χ0n) is 16.1. The number of carbonyl (C=O) groups is 1. The molecule has 4 rings (SSSR count). The summed E-state index contributed by atoms with van der Waals surface area (Å²) in [6.07, 6.45) is 0.380. The number of ether oxygens (including phenoxy) is 2. The molecular formula is C24H23NO3. The van der Waals surface area contributed by atoms with Crippen LogP contribution in [0.1, 0.15) is 39.5 Å². The lowest BCUT2D eigenvalue weighted by Gasteiger charge is -2.28. The molecule has 0 saturated heterocycles. The molecule has 1 atom stereocenters. The lowest BCUT2D eigenvalue weighted by molar-refractivity contribution is 0.0971. The molecule has 0 fully saturated rings. The molecule has 0 amide bonds. The van der Waals surface area contributed by atoms with Crippen molar-refractivity contribution in [2.24, 2.45) is 0 Å². The van der Waals surface area contributed by atoms with Gasteiger partial charge in [0.2, 0.25) is 0 Å². The third-order valence-electron chi connectivity index (χ3n) is 5.02. The highest BCUT2D eigenvalue weighted by Gasteiger charge is 2.28. The van der Waals surface area contributed by atoms with E-state index in [9.17, 15) is 4.79 Å². The van der Waals surface area contributed by atoms with Gasteiger partial charge in [-0.05, 0) is 30.7 Å². The number of anilines is 1. The number of fused-ring (bicyclic) bond motifs is 1. The van der Waals surface area contributed by atoms with Crippen LogP contribution in [-0.2, 0) is 6.61 Å². The van der Waals surface area contributed by atoms with E-state index in [1.807, 2.05) is 54.6 Å². The standard InChI is InChI=1S/C24H23NO3/c1-16-7-5-8-17(13-16)15-28-24-19(10-6-12-23(24)27-2)21-14-22(26)18-9-3-4-11-20(18)25-21/h3-13,21,25H,14-15H2,1-2H3. The normalized spacial score (nSPS) is 15.5. The molecule has 0 spiro atoms. The Bertz CT molecular complexity index is 1010. The van der Waals surface area contributed by atoms with Crippen molar-refractivity contribution in [3.63, 3.8) is 0 Å². The van der Waals surface area contributed by atoms with Crippen LogP contribution in [0, 0.1) is 6.92 Å². The van der Waals surface area contributed by atoms with Gasteiger partial charge in [-0.3, -0.25) is 4.79 Å². The molecule has 1 N–H and O–H groups in total. The highest BCUT2D eigenvalue weighted by Crippen LogP contribution is 2.41. The van der Waals surface area contributed by atoms with Crippen molar-refractivity contribution >= 4 is 11.5 Å². The van der Waals surface area contributed by atoms with Crippen molar-refractivity contribution < 1.29 is 14.3 Å². The van der Waals surface area contributed by atoms with E-state index in [4.69, 9.17) is 9.47 Å². The first-order valence-corrected chi connectivity index (χ1v) is 9.39. The van der Waals surface area contributed by atoms with Crippen LogP contribution in [0.3, 0.4) is 0 Å². The number of nitrogens with one attached hydrogen (secondary N) is 1. The minimum Gasteiger partial charge on any atom is -0.493 e. The number of carbonyl (C=O) groups excluding carboxylic acids is 1. The number of aryl methyl sites for hydroxylation is 1. The molecular weight excluding hydrogens is 350 g/mol. The minimum atomic E-state index is -0.162. The van der Waals surface area contributed by atoms with Crippen molar-refractivity contribution in [3.8, 4) is 11.5 Å². The molecule has 4 nitrogen and oxygen atoms in total. The van der Waals surface area contributed by atoms with Crippen molar-refractivity contribution in [1.29, 1.82) is 0 Å². The first kappa shape index (κ1) is 18.1. The average molecular weight is 373 g/mol. The van der Waals surface area contributed by atoms with Crippen molar-refractivity contribution in [2.45, 2.75) is 26.0 Å². The van der Waals surface area contributed by atoms with Gasteiger partial charge >= 0.3 is 0 Å². The molecule has 1 aliphatic heterocycles. The molecule has 0 bridgehead atoms. The summed E-state index contributed by atoms with van der Waals surface area (Å²) in [5.74, 6) is 1.47. The first-order valence-electron chi connectivity index (χ1n) is 9.39. The van der Waals surface area contributed by atoms with Gasteiger partial charge in [-0.2, -0.15) is 0 Å². The fourth-order valence-electron chi connectivity index (χ4n) is 3.65. The van der Waals surface area contributed by atoms with E-state index >= 15 is 0 Å². The Morgan fingerprint density at radius 2 is 1.86 bits per heavy atom. The van der Waals surface area contributed by atoms with E-state index < -0.39 is 0 Å². The Labute approximate surface area is 165 Å². The zero-order valence-corrected chi connectivity index (χ0v) is 16.1. The largest absolute Gasteiger partial charge is 0.493 e. The number of benzene rings is 3. The Morgan fingerprint density at radius 3 is 2.68 bits per heavy atom. The molecule has 1 heterocycles. The number of hydrogen-bond acceptors (Lipinski definition) is 4. The van der Waals surface area contributed by atoms with Crippen LogP contribution in [0.2, 0.25) is 0 Å². The fraction of sp³-hybridized carbons (Fsp3) is 0.208. The Hall–Kier alpha value is -3.27. The number of methoxy groups -OCH3 is 1. The molecule has 0 aliphatic carbocycles. The van der Waals surface area contributed by atoms with Gasteiger partial charge in [-0.1, -0.05) is 54.1 Å². The molecule has 4 heteroatoms. The summed E-state index contributed by atoms with van der Waals surface area (Å²) in [5.41, 5.74) is 4.81. The van der Waals surface area contributed by atoms with Crippen LogP contribution in [0.5, 0.6) is 11.5 Å². The van der Waals surface area contributed by atoms with Crippen LogP contribution in [-0.4, -0.2) is 12.9 Å². The van der Waals surface area contributed by atoms with E-state index in [1.54, 1.807) is 7.11 Å². The molecule has 0 aromatic heterocycles. The smallest absolute Gasteiger partial charge is 0.167 e. The molecule has 3 aromatic carbocycles. The predicted molar refractivity (Wildman–Crippen MR) is 110 cm³/mol. The van der Waals surface area contributed by atoms with Gasteiger partial charge in [-0.25, -0.2) is 0 Å². The van der Waals surface area contributed by atoms with E-state index in [0.29, 0.717) is 24.5 Å². The number of Topliss-reactive ketones (excluding diaryl/α,β-unsaturated/α-hetero) is 1. The van der Waals surface area contributed by atoms with Gasteiger partial charge in [-0.15, -0.1) is 0 Å². The molecule has 3 aromatic rings. The second-order valence-corrected chi connectivity index (χ2v) is 7.03. The summed E-state index contributed by atoms with van der Waals surface area (Å²) in [7, 11) is 1.63. The Kier molecular flexibility index (Phi) is 5.02. The van der Waals surface area contributed by atoms with Gasteiger partial charge in [0.15, 0.2) is 17.3 Å². The Morgan fingerprint density at radius 1 is 1.04 bits per heavy atom. The van der Waals surface area contributed by atoms with Crippen LogP contribution in [0.15, 0.2) is 66.7 Å². The number of rotatable bonds is 5. The SMILES string of the molecule is COc1cccc(C2CC(=O)c3ccccc3N2)c1OCc1cccc(C)c1. The second kappa shape index (κ2) is 7.77. The lowest BCUT2D eigenvalue weighted by atomic mass is 9.92.